The quantitative estimate of drug-likeness (QED) is 0.880. The number of benzene rings is 1. The zero-order valence-electron chi connectivity index (χ0n) is 9.97. The van der Waals surface area contributed by atoms with Crippen LogP contribution in [0.3, 0.4) is 0 Å². The molecule has 0 unspecified atom stereocenters. The summed E-state index contributed by atoms with van der Waals surface area (Å²) in [6, 6.07) is 8.86. The van der Waals surface area contributed by atoms with Gasteiger partial charge >= 0.3 is 0 Å². The Balaban J connectivity index is 1.90. The molecule has 5 nitrogen and oxygen atoms in total. The van der Waals surface area contributed by atoms with Gasteiger partial charge in [-0.1, -0.05) is 6.07 Å². The molecule has 1 amide bonds. The van der Waals surface area contributed by atoms with Crippen molar-refractivity contribution in [3.63, 3.8) is 0 Å². The first kappa shape index (κ1) is 12.8. The van der Waals surface area contributed by atoms with E-state index in [0.29, 0.717) is 11.4 Å². The molecule has 3 N–H and O–H groups in total. The van der Waals surface area contributed by atoms with Crippen molar-refractivity contribution in [3.8, 4) is 5.75 Å². The predicted octanol–water partition coefficient (Wildman–Crippen LogP) is 1.82. The van der Waals surface area contributed by atoms with E-state index in [1.165, 1.54) is 24.4 Å². The second-order valence-corrected chi connectivity index (χ2v) is 3.73. The van der Waals surface area contributed by atoms with Crippen molar-refractivity contribution < 1.29 is 13.9 Å². The number of ether oxygens (including phenoxy) is 1. The molecule has 98 valence electrons. The van der Waals surface area contributed by atoms with E-state index in [9.17, 15) is 9.18 Å². The van der Waals surface area contributed by atoms with Crippen LogP contribution in [-0.4, -0.2) is 17.5 Å². The SMILES string of the molecule is Nc1ncccc1OCC(=O)Nc1cccc(F)c1. The van der Waals surface area contributed by atoms with E-state index >= 15 is 0 Å². The first-order valence-corrected chi connectivity index (χ1v) is 5.54. The summed E-state index contributed by atoms with van der Waals surface area (Å²) in [5.41, 5.74) is 5.93. The fourth-order valence-corrected chi connectivity index (χ4v) is 1.43. The normalized spacial score (nSPS) is 9.95. The lowest BCUT2D eigenvalue weighted by molar-refractivity contribution is -0.118. The topological polar surface area (TPSA) is 77.2 Å². The van der Waals surface area contributed by atoms with Gasteiger partial charge in [0.25, 0.3) is 5.91 Å². The number of nitrogens with zero attached hydrogens (tertiary/aromatic N) is 1. The molecule has 0 bridgehead atoms. The average molecular weight is 261 g/mol. The van der Waals surface area contributed by atoms with E-state index in [1.54, 1.807) is 18.2 Å². The van der Waals surface area contributed by atoms with Gasteiger partial charge in [-0.05, 0) is 30.3 Å². The number of anilines is 2. The van der Waals surface area contributed by atoms with E-state index in [-0.39, 0.29) is 12.4 Å². The molecule has 0 saturated heterocycles. The Labute approximate surface area is 109 Å². The lowest BCUT2D eigenvalue weighted by Gasteiger charge is -2.08. The van der Waals surface area contributed by atoms with Crippen LogP contribution in [0.4, 0.5) is 15.9 Å². The Morgan fingerprint density at radius 1 is 1.37 bits per heavy atom. The second-order valence-electron chi connectivity index (χ2n) is 3.73. The van der Waals surface area contributed by atoms with Crippen molar-refractivity contribution in [1.82, 2.24) is 4.98 Å². The van der Waals surface area contributed by atoms with Crippen LogP contribution in [0, 0.1) is 5.82 Å². The molecular weight excluding hydrogens is 249 g/mol. The molecule has 2 rings (SSSR count). The number of nitrogens with one attached hydrogen (secondary N) is 1. The number of aromatic nitrogens is 1. The summed E-state index contributed by atoms with van der Waals surface area (Å²) >= 11 is 0. The Kier molecular flexibility index (Phi) is 3.92. The van der Waals surface area contributed by atoms with E-state index in [2.05, 4.69) is 10.3 Å². The number of rotatable bonds is 4. The zero-order chi connectivity index (χ0) is 13.7. The third-order valence-corrected chi connectivity index (χ3v) is 2.27. The number of carbonyl (C=O) groups is 1. The molecule has 1 aromatic carbocycles. The maximum atomic E-state index is 12.9. The van der Waals surface area contributed by atoms with Gasteiger partial charge in [-0.2, -0.15) is 0 Å². The molecule has 1 heterocycles. The summed E-state index contributed by atoms with van der Waals surface area (Å²) in [5, 5.41) is 2.51. The lowest BCUT2D eigenvalue weighted by atomic mass is 10.3. The number of nitrogen functional groups attached to an aromatic ring is 1. The van der Waals surface area contributed by atoms with Gasteiger partial charge in [0.15, 0.2) is 18.2 Å². The number of carbonyl (C=O) groups excluding carboxylic acids is 1. The number of halogens is 1. The van der Waals surface area contributed by atoms with Crippen LogP contribution in [-0.2, 0) is 4.79 Å². The molecule has 19 heavy (non-hydrogen) atoms. The van der Waals surface area contributed by atoms with Crippen molar-refractivity contribution in [2.75, 3.05) is 17.7 Å². The summed E-state index contributed by atoms with van der Waals surface area (Å²) in [6.45, 7) is -0.230. The number of hydrogen-bond donors (Lipinski definition) is 2. The highest BCUT2D eigenvalue weighted by atomic mass is 19.1. The van der Waals surface area contributed by atoms with Crippen LogP contribution >= 0.6 is 0 Å². The summed E-state index contributed by atoms with van der Waals surface area (Å²) in [4.78, 5) is 15.4. The van der Waals surface area contributed by atoms with Crippen molar-refractivity contribution in [3.05, 3.63) is 48.4 Å². The predicted molar refractivity (Wildman–Crippen MR) is 69.2 cm³/mol. The highest BCUT2D eigenvalue weighted by molar-refractivity contribution is 5.91. The van der Waals surface area contributed by atoms with Gasteiger partial charge in [0.1, 0.15) is 5.82 Å². The molecule has 0 fully saturated rings. The smallest absolute Gasteiger partial charge is 0.262 e. The van der Waals surface area contributed by atoms with Crippen molar-refractivity contribution in [2.24, 2.45) is 0 Å². The fourth-order valence-electron chi connectivity index (χ4n) is 1.43. The molecule has 2 aromatic rings. The maximum Gasteiger partial charge on any atom is 0.262 e. The molecule has 1 aromatic heterocycles. The molecule has 0 radical (unpaired) electrons. The summed E-state index contributed by atoms with van der Waals surface area (Å²) in [6.07, 6.45) is 1.52. The lowest BCUT2D eigenvalue weighted by Crippen LogP contribution is -2.20. The van der Waals surface area contributed by atoms with E-state index in [1.807, 2.05) is 0 Å². The van der Waals surface area contributed by atoms with Crippen LogP contribution < -0.4 is 15.8 Å². The van der Waals surface area contributed by atoms with Gasteiger partial charge in [0, 0.05) is 11.9 Å². The summed E-state index contributed by atoms with van der Waals surface area (Å²) in [5.74, 6) is -0.290. The van der Waals surface area contributed by atoms with Crippen LogP contribution in [0.2, 0.25) is 0 Å². The molecule has 0 atom stereocenters. The fraction of sp³-hybridized carbons (Fsp3) is 0.0769. The average Bonchev–Trinajstić information content (AvgIpc) is 2.38. The van der Waals surface area contributed by atoms with Crippen LogP contribution in [0.5, 0.6) is 5.75 Å². The molecule has 0 aliphatic heterocycles. The maximum absolute atomic E-state index is 12.9. The Morgan fingerprint density at radius 2 is 2.21 bits per heavy atom. The van der Waals surface area contributed by atoms with E-state index in [0.717, 1.165) is 0 Å². The van der Waals surface area contributed by atoms with Gasteiger partial charge in [0.05, 0.1) is 0 Å². The molecule has 0 aliphatic carbocycles. The highest BCUT2D eigenvalue weighted by Crippen LogP contribution is 2.16. The van der Waals surface area contributed by atoms with Crippen molar-refractivity contribution in [1.29, 1.82) is 0 Å². The van der Waals surface area contributed by atoms with Crippen molar-refractivity contribution in [2.45, 2.75) is 0 Å². The van der Waals surface area contributed by atoms with Crippen LogP contribution in [0.15, 0.2) is 42.6 Å². The van der Waals surface area contributed by atoms with Gasteiger partial charge in [-0.3, -0.25) is 4.79 Å². The first-order chi connectivity index (χ1) is 9.15. The van der Waals surface area contributed by atoms with Gasteiger partial charge in [0.2, 0.25) is 0 Å². The second kappa shape index (κ2) is 5.81. The first-order valence-electron chi connectivity index (χ1n) is 5.54. The third-order valence-electron chi connectivity index (χ3n) is 2.27. The highest BCUT2D eigenvalue weighted by Gasteiger charge is 2.06. The molecular formula is C13H12FN3O2. The third kappa shape index (κ3) is 3.67. The van der Waals surface area contributed by atoms with E-state index in [4.69, 9.17) is 10.5 Å². The standard InChI is InChI=1S/C13H12FN3O2/c14-9-3-1-4-10(7-9)17-12(18)8-19-11-5-2-6-16-13(11)15/h1-7H,8H2,(H2,15,16)(H,17,18). The number of hydrogen-bond acceptors (Lipinski definition) is 4. The molecule has 0 aliphatic rings. The van der Waals surface area contributed by atoms with E-state index < -0.39 is 11.7 Å². The molecule has 0 saturated carbocycles. The van der Waals surface area contributed by atoms with Gasteiger partial charge in [-0.15, -0.1) is 0 Å². The molecule has 0 spiro atoms. The Hall–Kier alpha value is -2.63. The summed E-state index contributed by atoms with van der Waals surface area (Å²) in [7, 11) is 0. The minimum atomic E-state index is -0.421. The number of amides is 1. The molecule has 6 heteroatoms. The van der Waals surface area contributed by atoms with Gasteiger partial charge in [-0.25, -0.2) is 9.37 Å². The van der Waals surface area contributed by atoms with Crippen LogP contribution in [0.1, 0.15) is 0 Å². The monoisotopic (exact) mass is 261 g/mol. The zero-order valence-corrected chi connectivity index (χ0v) is 9.97. The largest absolute Gasteiger partial charge is 0.480 e. The minimum Gasteiger partial charge on any atom is -0.480 e. The number of nitrogens with two attached hydrogens (primary N) is 1. The van der Waals surface area contributed by atoms with Crippen molar-refractivity contribution >= 4 is 17.4 Å². The Morgan fingerprint density at radius 3 is 2.95 bits per heavy atom. The summed E-state index contributed by atoms with van der Waals surface area (Å²) < 4.78 is 18.1. The Bertz CT molecular complexity index is 590. The minimum absolute atomic E-state index is 0.209. The number of pyridine rings is 1. The van der Waals surface area contributed by atoms with Gasteiger partial charge < -0.3 is 15.8 Å². The van der Waals surface area contributed by atoms with Crippen LogP contribution in [0.25, 0.3) is 0 Å².